The summed E-state index contributed by atoms with van der Waals surface area (Å²) in [6, 6.07) is 5.93. The maximum atomic E-state index is 10.6. The third-order valence-electron chi connectivity index (χ3n) is 3.67. The van der Waals surface area contributed by atoms with Gasteiger partial charge in [-0.2, -0.15) is 0 Å². The van der Waals surface area contributed by atoms with Crippen LogP contribution in [0.4, 0.5) is 0 Å². The molecule has 0 aliphatic carbocycles. The standard InChI is InChI=1S/C17H24O2S2Si/c1-20-17(21-2)10-11-19-15-8-6-7-13(16(15)17)14(18)9-12-22(3,4)5/h6-8,14,18H,10-11H2,1-5H3. The van der Waals surface area contributed by atoms with Crippen LogP contribution in [-0.2, 0) is 4.08 Å². The van der Waals surface area contributed by atoms with Gasteiger partial charge in [0.1, 0.15) is 19.9 Å². The number of thioether (sulfide) groups is 2. The molecule has 1 aromatic carbocycles. The number of hydrogen-bond donors (Lipinski definition) is 1. The summed E-state index contributed by atoms with van der Waals surface area (Å²) in [4.78, 5) is 0. The third-order valence-corrected chi connectivity index (χ3v) is 7.70. The predicted octanol–water partition coefficient (Wildman–Crippen LogP) is 4.26. The zero-order valence-electron chi connectivity index (χ0n) is 13.9. The first-order valence-electron chi connectivity index (χ1n) is 7.40. The van der Waals surface area contributed by atoms with E-state index in [9.17, 15) is 5.11 Å². The highest BCUT2D eigenvalue weighted by molar-refractivity contribution is 8.16. The highest BCUT2D eigenvalue weighted by Gasteiger charge is 2.39. The first-order valence-corrected chi connectivity index (χ1v) is 13.4. The normalized spacial score (nSPS) is 17.7. The molecule has 0 spiro atoms. The van der Waals surface area contributed by atoms with Crippen LogP contribution in [0.2, 0.25) is 19.6 Å². The Bertz CT molecular complexity index is 595. The first kappa shape index (κ1) is 17.8. The summed E-state index contributed by atoms with van der Waals surface area (Å²) in [6.07, 6.45) is 4.44. The van der Waals surface area contributed by atoms with Crippen molar-refractivity contribution in [1.82, 2.24) is 0 Å². The van der Waals surface area contributed by atoms with Crippen LogP contribution in [0.15, 0.2) is 18.2 Å². The summed E-state index contributed by atoms with van der Waals surface area (Å²) in [5, 5.41) is 10.6. The van der Waals surface area contributed by atoms with Gasteiger partial charge in [-0.3, -0.25) is 0 Å². The van der Waals surface area contributed by atoms with Crippen molar-refractivity contribution in [3.8, 4) is 17.2 Å². The van der Waals surface area contributed by atoms with E-state index in [0.717, 1.165) is 29.9 Å². The van der Waals surface area contributed by atoms with Crippen molar-refractivity contribution in [2.75, 3.05) is 19.1 Å². The van der Waals surface area contributed by atoms with Crippen LogP contribution in [0.3, 0.4) is 0 Å². The van der Waals surface area contributed by atoms with Crippen LogP contribution in [0.25, 0.3) is 0 Å². The van der Waals surface area contributed by atoms with Gasteiger partial charge < -0.3 is 9.84 Å². The smallest absolute Gasteiger partial charge is 0.140 e. The highest BCUT2D eigenvalue weighted by atomic mass is 32.2. The third kappa shape index (κ3) is 3.68. The molecule has 0 amide bonds. The summed E-state index contributed by atoms with van der Waals surface area (Å²) < 4.78 is 5.78. The molecule has 1 unspecified atom stereocenters. The molecular formula is C17H24O2S2Si. The lowest BCUT2D eigenvalue weighted by Gasteiger charge is -2.38. The molecule has 5 heteroatoms. The molecule has 0 saturated heterocycles. The van der Waals surface area contributed by atoms with Gasteiger partial charge in [-0.15, -0.1) is 29.1 Å². The van der Waals surface area contributed by atoms with Crippen molar-refractivity contribution in [1.29, 1.82) is 0 Å². The maximum Gasteiger partial charge on any atom is 0.140 e. The number of fused-ring (bicyclic) bond motifs is 1. The molecule has 0 radical (unpaired) electrons. The van der Waals surface area contributed by atoms with Gasteiger partial charge in [-0.1, -0.05) is 37.7 Å². The molecule has 0 aromatic heterocycles. The van der Waals surface area contributed by atoms with E-state index in [4.69, 9.17) is 4.74 Å². The van der Waals surface area contributed by atoms with Crippen LogP contribution >= 0.6 is 23.5 Å². The Morgan fingerprint density at radius 3 is 2.55 bits per heavy atom. The molecule has 2 rings (SSSR count). The molecular weight excluding hydrogens is 328 g/mol. The van der Waals surface area contributed by atoms with Crippen LogP contribution in [-0.4, -0.2) is 32.3 Å². The molecule has 1 atom stereocenters. The van der Waals surface area contributed by atoms with E-state index in [1.54, 1.807) is 0 Å². The fourth-order valence-corrected chi connectivity index (χ4v) is 5.23. The summed E-state index contributed by atoms with van der Waals surface area (Å²) in [7, 11) is -1.50. The summed E-state index contributed by atoms with van der Waals surface area (Å²) in [5.74, 6) is 3.96. The lowest BCUT2D eigenvalue weighted by atomic mass is 9.95. The Hall–Kier alpha value is -0.543. The van der Waals surface area contributed by atoms with Crippen LogP contribution in [0, 0.1) is 11.5 Å². The largest absolute Gasteiger partial charge is 0.493 e. The number of ether oxygens (including phenoxy) is 1. The van der Waals surface area contributed by atoms with Gasteiger partial charge >= 0.3 is 0 Å². The molecule has 22 heavy (non-hydrogen) atoms. The summed E-state index contributed by atoms with van der Waals surface area (Å²) >= 11 is 3.65. The number of aliphatic hydroxyl groups is 1. The highest BCUT2D eigenvalue weighted by Crippen LogP contribution is 2.54. The zero-order chi connectivity index (χ0) is 16.4. The quantitative estimate of drug-likeness (QED) is 0.500. The zero-order valence-corrected chi connectivity index (χ0v) is 16.5. The van der Waals surface area contributed by atoms with Gasteiger partial charge in [0.15, 0.2) is 0 Å². The fourth-order valence-electron chi connectivity index (χ4n) is 2.58. The topological polar surface area (TPSA) is 29.5 Å². The van der Waals surface area contributed by atoms with Crippen molar-refractivity contribution in [2.24, 2.45) is 0 Å². The minimum atomic E-state index is -1.50. The van der Waals surface area contributed by atoms with Crippen molar-refractivity contribution in [3.05, 3.63) is 29.3 Å². The van der Waals surface area contributed by atoms with Crippen molar-refractivity contribution < 1.29 is 9.84 Å². The average molecular weight is 353 g/mol. The van der Waals surface area contributed by atoms with Crippen LogP contribution in [0.5, 0.6) is 5.75 Å². The van der Waals surface area contributed by atoms with Gasteiger partial charge in [-0.25, -0.2) is 0 Å². The predicted molar refractivity (Wildman–Crippen MR) is 101 cm³/mol. The Balaban J connectivity index is 2.52. The Kier molecular flexibility index (Phi) is 5.60. The van der Waals surface area contributed by atoms with E-state index in [2.05, 4.69) is 43.6 Å². The minimum Gasteiger partial charge on any atom is -0.493 e. The first-order chi connectivity index (χ1) is 10.3. The molecule has 1 aliphatic heterocycles. The fraction of sp³-hybridized carbons (Fsp3) is 0.529. The molecule has 1 aromatic rings. The molecule has 1 heterocycles. The molecule has 120 valence electrons. The van der Waals surface area contributed by atoms with E-state index in [1.807, 2.05) is 41.7 Å². The molecule has 0 fully saturated rings. The van der Waals surface area contributed by atoms with Crippen LogP contribution in [0.1, 0.15) is 23.7 Å². The van der Waals surface area contributed by atoms with Gasteiger partial charge in [0.2, 0.25) is 0 Å². The monoisotopic (exact) mass is 352 g/mol. The van der Waals surface area contributed by atoms with Gasteiger partial charge in [-0.05, 0) is 18.6 Å². The van der Waals surface area contributed by atoms with Crippen molar-refractivity contribution in [2.45, 2.75) is 36.2 Å². The van der Waals surface area contributed by atoms with E-state index in [1.165, 1.54) is 0 Å². The molecule has 1 aliphatic rings. The second kappa shape index (κ2) is 6.92. The number of aliphatic hydroxyl groups excluding tert-OH is 1. The lowest BCUT2D eigenvalue weighted by Crippen LogP contribution is -2.28. The van der Waals surface area contributed by atoms with E-state index < -0.39 is 14.2 Å². The van der Waals surface area contributed by atoms with E-state index in [0.29, 0.717) is 0 Å². The number of rotatable bonds is 3. The average Bonchev–Trinajstić information content (AvgIpc) is 2.50. The maximum absolute atomic E-state index is 10.6. The van der Waals surface area contributed by atoms with Crippen molar-refractivity contribution in [3.63, 3.8) is 0 Å². The molecule has 0 saturated carbocycles. The van der Waals surface area contributed by atoms with Gasteiger partial charge in [0, 0.05) is 17.5 Å². The Morgan fingerprint density at radius 2 is 1.95 bits per heavy atom. The van der Waals surface area contributed by atoms with Gasteiger partial charge in [0.05, 0.1) is 10.7 Å². The van der Waals surface area contributed by atoms with E-state index >= 15 is 0 Å². The second-order valence-electron chi connectivity index (χ2n) is 6.40. The Labute approximate surface area is 143 Å². The Morgan fingerprint density at radius 1 is 1.27 bits per heavy atom. The summed E-state index contributed by atoms with van der Waals surface area (Å²) in [6.45, 7) is 7.27. The van der Waals surface area contributed by atoms with E-state index in [-0.39, 0.29) is 4.08 Å². The van der Waals surface area contributed by atoms with Crippen molar-refractivity contribution >= 4 is 31.6 Å². The number of hydrogen-bond acceptors (Lipinski definition) is 4. The molecule has 1 N–H and O–H groups in total. The SMILES string of the molecule is CSC1(SC)CCOc2cccc(C(O)C#C[Si](C)(C)C)c21. The van der Waals surface area contributed by atoms with Gasteiger partial charge in [0.25, 0.3) is 0 Å². The number of benzene rings is 1. The lowest BCUT2D eigenvalue weighted by molar-refractivity contribution is 0.230. The molecule has 2 nitrogen and oxygen atoms in total. The molecule has 0 bridgehead atoms. The minimum absolute atomic E-state index is 0.0635. The second-order valence-corrected chi connectivity index (χ2v) is 13.6. The van der Waals surface area contributed by atoms with Crippen LogP contribution < -0.4 is 4.74 Å². The summed E-state index contributed by atoms with van der Waals surface area (Å²) in [5.41, 5.74) is 5.28.